The number of ether oxygens (including phenoxy) is 1. The van der Waals surface area contributed by atoms with Crippen LogP contribution in [0.5, 0.6) is 0 Å². The van der Waals surface area contributed by atoms with E-state index in [1.807, 2.05) is 23.6 Å². The van der Waals surface area contributed by atoms with Gasteiger partial charge in [0, 0.05) is 11.1 Å². The maximum absolute atomic E-state index is 13.0. The van der Waals surface area contributed by atoms with Crippen LogP contribution >= 0.6 is 11.3 Å². The van der Waals surface area contributed by atoms with Gasteiger partial charge in [-0.3, -0.25) is 4.98 Å². The number of hydrogen-bond acceptors (Lipinski definition) is 4. The highest BCUT2D eigenvalue weighted by atomic mass is 32.1. The van der Waals surface area contributed by atoms with Crippen molar-refractivity contribution in [2.45, 2.75) is 6.61 Å². The molecular formula is C19H14FNO2S. The third-order valence-electron chi connectivity index (χ3n) is 3.26. The molecule has 0 spiro atoms. The standard InChI is InChI=1S/C19H14FNO2S/c20-15-8-6-14(7-9-15)12-17(18-5-3-11-24-18)19(22)23-13-16-4-1-2-10-21-16/h1-12H,13H2/b17-12+. The van der Waals surface area contributed by atoms with Gasteiger partial charge in [-0.1, -0.05) is 24.3 Å². The van der Waals surface area contributed by atoms with E-state index in [0.29, 0.717) is 11.3 Å². The number of aromatic nitrogens is 1. The average molecular weight is 339 g/mol. The molecule has 0 saturated heterocycles. The second-order valence-corrected chi connectivity index (χ2v) is 5.93. The second kappa shape index (κ2) is 7.66. The number of carbonyl (C=O) groups is 1. The number of benzene rings is 1. The molecule has 3 rings (SSSR count). The van der Waals surface area contributed by atoms with Gasteiger partial charge in [-0.2, -0.15) is 0 Å². The summed E-state index contributed by atoms with van der Waals surface area (Å²) in [6, 6.07) is 15.1. The van der Waals surface area contributed by atoms with Crippen molar-refractivity contribution in [2.75, 3.05) is 0 Å². The maximum atomic E-state index is 13.0. The van der Waals surface area contributed by atoms with Crippen molar-refractivity contribution in [1.82, 2.24) is 4.98 Å². The minimum Gasteiger partial charge on any atom is -0.456 e. The van der Waals surface area contributed by atoms with E-state index in [1.165, 1.54) is 23.5 Å². The first-order valence-corrected chi connectivity index (χ1v) is 8.18. The van der Waals surface area contributed by atoms with Gasteiger partial charge in [0.1, 0.15) is 12.4 Å². The van der Waals surface area contributed by atoms with Gasteiger partial charge in [0.05, 0.1) is 11.3 Å². The Balaban J connectivity index is 1.82. The van der Waals surface area contributed by atoms with E-state index in [-0.39, 0.29) is 12.4 Å². The minimum atomic E-state index is -0.438. The van der Waals surface area contributed by atoms with Crippen LogP contribution in [0.2, 0.25) is 0 Å². The Morgan fingerprint density at radius 3 is 2.62 bits per heavy atom. The van der Waals surface area contributed by atoms with Crippen LogP contribution in [0.3, 0.4) is 0 Å². The van der Waals surface area contributed by atoms with Crippen molar-refractivity contribution in [3.8, 4) is 0 Å². The Labute approximate surface area is 143 Å². The fourth-order valence-corrected chi connectivity index (χ4v) is 2.82. The molecule has 0 aliphatic carbocycles. The number of nitrogens with zero attached hydrogens (tertiary/aromatic N) is 1. The fourth-order valence-electron chi connectivity index (χ4n) is 2.09. The van der Waals surface area contributed by atoms with Crippen molar-refractivity contribution >= 4 is 29.0 Å². The number of carbonyl (C=O) groups excluding carboxylic acids is 1. The van der Waals surface area contributed by atoms with Crippen LogP contribution in [0.1, 0.15) is 16.1 Å². The predicted octanol–water partition coefficient (Wildman–Crippen LogP) is 4.57. The molecule has 24 heavy (non-hydrogen) atoms. The normalized spacial score (nSPS) is 11.3. The SMILES string of the molecule is O=C(OCc1ccccn1)/C(=C/c1ccc(F)cc1)c1cccs1. The number of pyridine rings is 1. The van der Waals surface area contributed by atoms with Gasteiger partial charge < -0.3 is 4.74 Å². The molecule has 0 aliphatic heterocycles. The lowest BCUT2D eigenvalue weighted by molar-refractivity contribution is -0.137. The third-order valence-corrected chi connectivity index (χ3v) is 4.17. The third kappa shape index (κ3) is 4.14. The van der Waals surface area contributed by atoms with Crippen molar-refractivity contribution < 1.29 is 13.9 Å². The Bertz CT molecular complexity index is 828. The predicted molar refractivity (Wildman–Crippen MR) is 92.6 cm³/mol. The fraction of sp³-hybridized carbons (Fsp3) is 0.0526. The summed E-state index contributed by atoms with van der Waals surface area (Å²) in [6.07, 6.45) is 3.35. The lowest BCUT2D eigenvalue weighted by Gasteiger charge is -2.07. The quantitative estimate of drug-likeness (QED) is 0.505. The number of esters is 1. The van der Waals surface area contributed by atoms with Gasteiger partial charge in [-0.05, 0) is 47.4 Å². The first-order chi connectivity index (χ1) is 11.7. The van der Waals surface area contributed by atoms with E-state index in [1.54, 1.807) is 36.5 Å². The molecule has 0 fully saturated rings. The molecule has 0 aliphatic rings. The number of hydrogen-bond donors (Lipinski definition) is 0. The topological polar surface area (TPSA) is 39.2 Å². The summed E-state index contributed by atoms with van der Waals surface area (Å²) < 4.78 is 18.4. The summed E-state index contributed by atoms with van der Waals surface area (Å²) in [5, 5.41) is 1.89. The van der Waals surface area contributed by atoms with E-state index < -0.39 is 5.97 Å². The maximum Gasteiger partial charge on any atom is 0.339 e. The first-order valence-electron chi connectivity index (χ1n) is 7.30. The summed E-state index contributed by atoms with van der Waals surface area (Å²) in [7, 11) is 0. The molecule has 3 nitrogen and oxygen atoms in total. The molecule has 2 aromatic heterocycles. The molecule has 0 amide bonds. The van der Waals surface area contributed by atoms with Gasteiger partial charge in [0.2, 0.25) is 0 Å². The highest BCUT2D eigenvalue weighted by Gasteiger charge is 2.15. The Morgan fingerprint density at radius 1 is 1.12 bits per heavy atom. The van der Waals surface area contributed by atoms with Gasteiger partial charge in [0.15, 0.2) is 0 Å². The first kappa shape index (κ1) is 16.1. The molecule has 0 N–H and O–H groups in total. The van der Waals surface area contributed by atoms with Crippen LogP contribution in [0, 0.1) is 5.82 Å². The van der Waals surface area contributed by atoms with E-state index in [2.05, 4.69) is 4.98 Å². The average Bonchev–Trinajstić information content (AvgIpc) is 3.14. The lowest BCUT2D eigenvalue weighted by Crippen LogP contribution is -2.07. The smallest absolute Gasteiger partial charge is 0.339 e. The summed E-state index contributed by atoms with van der Waals surface area (Å²) in [6.45, 7) is 0.103. The van der Waals surface area contributed by atoms with Gasteiger partial charge in [0.25, 0.3) is 0 Å². The zero-order chi connectivity index (χ0) is 16.8. The minimum absolute atomic E-state index is 0.103. The van der Waals surface area contributed by atoms with E-state index >= 15 is 0 Å². The molecule has 0 saturated carbocycles. The summed E-state index contributed by atoms with van der Waals surface area (Å²) in [4.78, 5) is 17.4. The summed E-state index contributed by atoms with van der Waals surface area (Å²) >= 11 is 1.44. The van der Waals surface area contributed by atoms with Crippen LogP contribution in [0.15, 0.2) is 66.2 Å². The van der Waals surface area contributed by atoms with E-state index in [0.717, 1.165) is 10.4 Å². The van der Waals surface area contributed by atoms with Gasteiger partial charge in [-0.15, -0.1) is 11.3 Å². The zero-order valence-electron chi connectivity index (χ0n) is 12.7. The summed E-state index contributed by atoms with van der Waals surface area (Å²) in [5.41, 5.74) is 1.85. The highest BCUT2D eigenvalue weighted by Crippen LogP contribution is 2.24. The molecule has 5 heteroatoms. The van der Waals surface area contributed by atoms with Crippen LogP contribution in [0.4, 0.5) is 4.39 Å². The largest absolute Gasteiger partial charge is 0.456 e. The molecule has 0 atom stereocenters. The zero-order valence-corrected chi connectivity index (χ0v) is 13.5. The second-order valence-electron chi connectivity index (χ2n) is 4.98. The Kier molecular flexibility index (Phi) is 5.13. The molecule has 3 aromatic rings. The van der Waals surface area contributed by atoms with Crippen molar-refractivity contribution in [3.05, 3.63) is 88.1 Å². The van der Waals surface area contributed by atoms with E-state index in [4.69, 9.17) is 4.74 Å². The highest BCUT2D eigenvalue weighted by molar-refractivity contribution is 7.11. The van der Waals surface area contributed by atoms with Crippen LogP contribution < -0.4 is 0 Å². The Hall–Kier alpha value is -2.79. The Morgan fingerprint density at radius 2 is 1.96 bits per heavy atom. The molecule has 120 valence electrons. The monoisotopic (exact) mass is 339 g/mol. The van der Waals surface area contributed by atoms with E-state index in [9.17, 15) is 9.18 Å². The van der Waals surface area contributed by atoms with Gasteiger partial charge in [-0.25, -0.2) is 9.18 Å². The summed E-state index contributed by atoms with van der Waals surface area (Å²) in [5.74, 6) is -0.755. The lowest BCUT2D eigenvalue weighted by atomic mass is 10.1. The van der Waals surface area contributed by atoms with Crippen molar-refractivity contribution in [3.63, 3.8) is 0 Å². The van der Waals surface area contributed by atoms with Crippen LogP contribution in [0.25, 0.3) is 11.6 Å². The van der Waals surface area contributed by atoms with Gasteiger partial charge >= 0.3 is 5.97 Å². The number of halogens is 1. The number of rotatable bonds is 5. The molecule has 1 aromatic carbocycles. The molecule has 0 bridgehead atoms. The molecule has 0 radical (unpaired) electrons. The number of thiophene rings is 1. The molecule has 2 heterocycles. The molecule has 0 unspecified atom stereocenters. The van der Waals surface area contributed by atoms with Crippen molar-refractivity contribution in [1.29, 1.82) is 0 Å². The van der Waals surface area contributed by atoms with Crippen LogP contribution in [-0.4, -0.2) is 11.0 Å². The van der Waals surface area contributed by atoms with Crippen molar-refractivity contribution in [2.24, 2.45) is 0 Å². The molecular weight excluding hydrogens is 325 g/mol. The van der Waals surface area contributed by atoms with Crippen LogP contribution in [-0.2, 0) is 16.1 Å².